The van der Waals surface area contributed by atoms with E-state index in [9.17, 15) is 14.0 Å². The molecule has 6 heteroatoms. The molecule has 1 aliphatic rings. The molecule has 1 amide bonds. The van der Waals surface area contributed by atoms with Crippen molar-refractivity contribution in [3.05, 3.63) is 82.0 Å². The van der Waals surface area contributed by atoms with Crippen molar-refractivity contribution in [2.75, 3.05) is 13.1 Å². The molecule has 144 valence electrons. The molecule has 1 saturated heterocycles. The summed E-state index contributed by atoms with van der Waals surface area (Å²) >= 11 is 0. The number of piperidine rings is 1. The highest BCUT2D eigenvalue weighted by Crippen LogP contribution is 2.17. The van der Waals surface area contributed by atoms with Crippen LogP contribution in [0.1, 0.15) is 28.8 Å². The summed E-state index contributed by atoms with van der Waals surface area (Å²) in [6.07, 6.45) is 1.71. The minimum atomic E-state index is -0.643. The topological polar surface area (TPSA) is 62.6 Å². The van der Waals surface area contributed by atoms with Crippen molar-refractivity contribution in [1.29, 1.82) is 0 Å². The molecule has 1 aliphatic heterocycles. The van der Waals surface area contributed by atoms with Crippen molar-refractivity contribution < 1.29 is 13.6 Å². The Balaban J connectivity index is 1.45. The predicted molar refractivity (Wildman–Crippen MR) is 105 cm³/mol. The van der Waals surface area contributed by atoms with E-state index >= 15 is 0 Å². The number of benzene rings is 2. The van der Waals surface area contributed by atoms with E-state index in [2.05, 4.69) is 10.2 Å². The molecule has 1 aromatic heterocycles. The highest BCUT2D eigenvalue weighted by molar-refractivity contribution is 5.96. The summed E-state index contributed by atoms with van der Waals surface area (Å²) in [5.74, 6) is -0.653. The SMILES string of the molecule is O=C(N[C@@H]1CCCN(Cc2ccccc2F)C1)c1cc2ccccc2oc1=O. The maximum absolute atomic E-state index is 13.9. The van der Waals surface area contributed by atoms with Crippen LogP contribution in [0.25, 0.3) is 11.0 Å². The van der Waals surface area contributed by atoms with Crippen molar-refractivity contribution in [2.24, 2.45) is 0 Å². The first kappa shape index (κ1) is 18.4. The third kappa shape index (κ3) is 3.97. The van der Waals surface area contributed by atoms with Gasteiger partial charge in [-0.15, -0.1) is 0 Å². The first-order valence-corrected chi connectivity index (χ1v) is 9.39. The van der Waals surface area contributed by atoms with E-state index in [0.717, 1.165) is 19.4 Å². The van der Waals surface area contributed by atoms with Crippen LogP contribution in [-0.4, -0.2) is 29.9 Å². The highest BCUT2D eigenvalue weighted by atomic mass is 19.1. The minimum absolute atomic E-state index is 0.00456. The summed E-state index contributed by atoms with van der Waals surface area (Å²) < 4.78 is 19.2. The van der Waals surface area contributed by atoms with E-state index in [4.69, 9.17) is 4.42 Å². The van der Waals surface area contributed by atoms with Crippen LogP contribution < -0.4 is 10.9 Å². The van der Waals surface area contributed by atoms with Gasteiger partial charge in [0.25, 0.3) is 5.91 Å². The van der Waals surface area contributed by atoms with Gasteiger partial charge in [0.1, 0.15) is 17.0 Å². The van der Waals surface area contributed by atoms with Gasteiger partial charge in [-0.3, -0.25) is 9.69 Å². The largest absolute Gasteiger partial charge is 0.422 e. The molecule has 3 aromatic rings. The molecular weight excluding hydrogens is 359 g/mol. The summed E-state index contributed by atoms with van der Waals surface area (Å²) in [6.45, 7) is 1.95. The number of halogens is 1. The van der Waals surface area contributed by atoms with Crippen LogP contribution >= 0.6 is 0 Å². The molecule has 28 heavy (non-hydrogen) atoms. The molecule has 0 saturated carbocycles. The Morgan fingerprint density at radius 1 is 1.18 bits per heavy atom. The average molecular weight is 380 g/mol. The molecule has 1 fully saturated rings. The van der Waals surface area contributed by atoms with Gasteiger partial charge in [-0.05, 0) is 37.6 Å². The van der Waals surface area contributed by atoms with Gasteiger partial charge in [-0.2, -0.15) is 0 Å². The number of hydrogen-bond acceptors (Lipinski definition) is 4. The van der Waals surface area contributed by atoms with E-state index < -0.39 is 11.5 Å². The first-order valence-electron chi connectivity index (χ1n) is 9.39. The minimum Gasteiger partial charge on any atom is -0.422 e. The zero-order valence-electron chi connectivity index (χ0n) is 15.4. The molecule has 0 spiro atoms. The fourth-order valence-electron chi connectivity index (χ4n) is 3.67. The lowest BCUT2D eigenvalue weighted by Gasteiger charge is -2.33. The lowest BCUT2D eigenvalue weighted by molar-refractivity contribution is 0.0896. The predicted octanol–water partition coefficient (Wildman–Crippen LogP) is 3.33. The Bertz CT molecular complexity index is 1060. The quantitative estimate of drug-likeness (QED) is 0.706. The smallest absolute Gasteiger partial charge is 0.349 e. The van der Waals surface area contributed by atoms with E-state index in [0.29, 0.717) is 29.6 Å². The van der Waals surface area contributed by atoms with Crippen LogP contribution in [0, 0.1) is 5.82 Å². The first-order chi connectivity index (χ1) is 13.6. The van der Waals surface area contributed by atoms with Gasteiger partial charge in [-0.25, -0.2) is 9.18 Å². The molecule has 2 aromatic carbocycles. The van der Waals surface area contributed by atoms with Gasteiger partial charge in [-0.1, -0.05) is 36.4 Å². The Morgan fingerprint density at radius 3 is 2.82 bits per heavy atom. The van der Waals surface area contributed by atoms with E-state index in [1.54, 1.807) is 36.4 Å². The van der Waals surface area contributed by atoms with Crippen LogP contribution in [0.15, 0.2) is 63.8 Å². The monoisotopic (exact) mass is 380 g/mol. The van der Waals surface area contributed by atoms with Gasteiger partial charge in [0.05, 0.1) is 0 Å². The van der Waals surface area contributed by atoms with Crippen LogP contribution in [0.2, 0.25) is 0 Å². The number of hydrogen-bond donors (Lipinski definition) is 1. The summed E-state index contributed by atoms with van der Waals surface area (Å²) in [4.78, 5) is 26.9. The van der Waals surface area contributed by atoms with E-state index in [-0.39, 0.29) is 17.4 Å². The second kappa shape index (κ2) is 7.94. The number of fused-ring (bicyclic) bond motifs is 1. The molecule has 1 N–H and O–H groups in total. The summed E-state index contributed by atoms with van der Waals surface area (Å²) in [7, 11) is 0. The van der Waals surface area contributed by atoms with Crippen LogP contribution in [0.3, 0.4) is 0 Å². The normalized spacial score (nSPS) is 17.5. The van der Waals surface area contributed by atoms with Gasteiger partial charge in [0.15, 0.2) is 0 Å². The van der Waals surface area contributed by atoms with Crippen molar-refractivity contribution in [3.8, 4) is 0 Å². The van der Waals surface area contributed by atoms with Gasteiger partial charge in [0, 0.05) is 30.1 Å². The second-order valence-electron chi connectivity index (χ2n) is 7.12. The third-order valence-electron chi connectivity index (χ3n) is 5.08. The zero-order valence-corrected chi connectivity index (χ0v) is 15.4. The summed E-state index contributed by atoms with van der Waals surface area (Å²) in [6, 6.07) is 15.3. The molecule has 5 nitrogen and oxygen atoms in total. The van der Waals surface area contributed by atoms with Crippen LogP contribution in [0.4, 0.5) is 4.39 Å². The fourth-order valence-corrected chi connectivity index (χ4v) is 3.67. The molecule has 0 bridgehead atoms. The fraction of sp³-hybridized carbons (Fsp3) is 0.273. The summed E-state index contributed by atoms with van der Waals surface area (Å²) in [5, 5.41) is 3.64. The standard InChI is InChI=1S/C22H21FN2O3/c23-19-9-3-1-7-16(19)13-25-11-5-8-17(14-25)24-21(26)18-12-15-6-2-4-10-20(15)28-22(18)27/h1-4,6-7,9-10,12,17H,5,8,11,13-14H2,(H,24,26)/t17-/m1/s1. The van der Waals surface area contributed by atoms with Crippen LogP contribution in [0.5, 0.6) is 0 Å². The van der Waals surface area contributed by atoms with Crippen molar-refractivity contribution >= 4 is 16.9 Å². The summed E-state index contributed by atoms with van der Waals surface area (Å²) in [5.41, 5.74) is 0.461. The van der Waals surface area contributed by atoms with Crippen molar-refractivity contribution in [3.63, 3.8) is 0 Å². The van der Waals surface area contributed by atoms with Gasteiger partial charge >= 0.3 is 5.63 Å². The lowest BCUT2D eigenvalue weighted by atomic mass is 10.0. The molecule has 0 radical (unpaired) electrons. The van der Waals surface area contributed by atoms with Crippen molar-refractivity contribution in [2.45, 2.75) is 25.4 Å². The van der Waals surface area contributed by atoms with Crippen molar-refractivity contribution in [1.82, 2.24) is 10.2 Å². The maximum Gasteiger partial charge on any atom is 0.349 e. The Labute approximate surface area is 161 Å². The average Bonchev–Trinajstić information content (AvgIpc) is 2.69. The third-order valence-corrected chi connectivity index (χ3v) is 5.08. The number of carbonyl (C=O) groups excluding carboxylic acids is 1. The van der Waals surface area contributed by atoms with Gasteiger partial charge < -0.3 is 9.73 Å². The molecule has 4 rings (SSSR count). The molecule has 1 atom stereocenters. The number of carbonyl (C=O) groups is 1. The Morgan fingerprint density at radius 2 is 1.96 bits per heavy atom. The maximum atomic E-state index is 13.9. The number of nitrogens with zero attached hydrogens (tertiary/aromatic N) is 1. The number of nitrogens with one attached hydrogen (secondary N) is 1. The molecule has 0 aliphatic carbocycles. The van der Waals surface area contributed by atoms with E-state index in [1.807, 2.05) is 12.1 Å². The number of rotatable bonds is 4. The number of amides is 1. The number of likely N-dealkylation sites (tertiary alicyclic amines) is 1. The van der Waals surface area contributed by atoms with Gasteiger partial charge in [0.2, 0.25) is 0 Å². The number of para-hydroxylation sites is 1. The molecular formula is C22H21FN2O3. The molecule has 2 heterocycles. The van der Waals surface area contributed by atoms with E-state index in [1.165, 1.54) is 6.07 Å². The van der Waals surface area contributed by atoms with Crippen LogP contribution in [-0.2, 0) is 6.54 Å². The lowest BCUT2D eigenvalue weighted by Crippen LogP contribution is -2.48. The highest BCUT2D eigenvalue weighted by Gasteiger charge is 2.24. The zero-order chi connectivity index (χ0) is 19.5. The second-order valence-corrected chi connectivity index (χ2v) is 7.12. The Hall–Kier alpha value is -2.99. The molecule has 0 unspecified atom stereocenters. The Kier molecular flexibility index (Phi) is 5.21.